The van der Waals surface area contributed by atoms with E-state index in [0.29, 0.717) is 5.89 Å². The van der Waals surface area contributed by atoms with Gasteiger partial charge >= 0.3 is 0 Å². The Morgan fingerprint density at radius 2 is 0.978 bits per heavy atom. The standard InChI is InChI=1S/C39H24N4OS2/c1-4-13-34-31(10-1)40-37(44-34)27-8-7-9-30(24-27)43(28-20-16-25(17-21-28)38-41-32-11-2-5-14-35(32)45-38)29-22-18-26(19-23-29)39-42-33-12-3-6-15-36(33)46-39/h1-24H. The fourth-order valence-electron chi connectivity index (χ4n) is 5.72. The highest BCUT2D eigenvalue weighted by atomic mass is 32.1. The summed E-state index contributed by atoms with van der Waals surface area (Å²) in [5.41, 5.74) is 9.84. The van der Waals surface area contributed by atoms with Gasteiger partial charge in [0.25, 0.3) is 0 Å². The molecular formula is C39H24N4OS2. The van der Waals surface area contributed by atoms with Gasteiger partial charge in [0.2, 0.25) is 5.89 Å². The molecule has 0 bridgehead atoms. The average Bonchev–Trinajstić information content (AvgIpc) is 3.86. The molecule has 46 heavy (non-hydrogen) atoms. The highest BCUT2D eigenvalue weighted by Crippen LogP contribution is 2.40. The minimum atomic E-state index is 0.598. The molecule has 5 nitrogen and oxygen atoms in total. The normalized spacial score (nSPS) is 11.5. The van der Waals surface area contributed by atoms with Crippen molar-refractivity contribution in [3.05, 3.63) is 146 Å². The van der Waals surface area contributed by atoms with Crippen LogP contribution in [0.5, 0.6) is 0 Å². The third kappa shape index (κ3) is 4.83. The molecule has 0 atom stereocenters. The zero-order chi connectivity index (χ0) is 30.5. The smallest absolute Gasteiger partial charge is 0.227 e. The lowest BCUT2D eigenvalue weighted by Gasteiger charge is -2.26. The summed E-state index contributed by atoms with van der Waals surface area (Å²) in [6, 6.07) is 50.0. The summed E-state index contributed by atoms with van der Waals surface area (Å²) < 4.78 is 8.51. The van der Waals surface area contributed by atoms with Gasteiger partial charge in [-0.3, -0.25) is 0 Å². The van der Waals surface area contributed by atoms with Gasteiger partial charge in [-0.25, -0.2) is 15.0 Å². The molecule has 0 aliphatic carbocycles. The van der Waals surface area contributed by atoms with Crippen LogP contribution in [0.3, 0.4) is 0 Å². The topological polar surface area (TPSA) is 55.1 Å². The molecule has 6 aromatic carbocycles. The van der Waals surface area contributed by atoms with Crippen LogP contribution in [-0.2, 0) is 0 Å². The number of oxazole rings is 1. The van der Waals surface area contributed by atoms with Crippen molar-refractivity contribution in [3.8, 4) is 32.6 Å². The predicted octanol–water partition coefficient (Wildman–Crippen LogP) is 11.5. The zero-order valence-corrected chi connectivity index (χ0v) is 26.0. The van der Waals surface area contributed by atoms with Gasteiger partial charge in [-0.15, -0.1) is 22.7 Å². The molecule has 0 aliphatic rings. The van der Waals surface area contributed by atoms with Crippen molar-refractivity contribution in [3.63, 3.8) is 0 Å². The number of thiazole rings is 2. The van der Waals surface area contributed by atoms with Gasteiger partial charge in [-0.1, -0.05) is 42.5 Å². The number of hydrogen-bond acceptors (Lipinski definition) is 7. The molecule has 0 aliphatic heterocycles. The first-order valence-electron chi connectivity index (χ1n) is 14.9. The molecule has 7 heteroatoms. The molecule has 9 aromatic rings. The maximum Gasteiger partial charge on any atom is 0.227 e. The van der Waals surface area contributed by atoms with E-state index in [9.17, 15) is 0 Å². The molecular weight excluding hydrogens is 605 g/mol. The third-order valence-corrected chi connectivity index (χ3v) is 10.1. The van der Waals surface area contributed by atoms with E-state index in [0.717, 1.165) is 65.9 Å². The van der Waals surface area contributed by atoms with Crippen molar-refractivity contribution in [1.82, 2.24) is 15.0 Å². The monoisotopic (exact) mass is 628 g/mol. The highest BCUT2D eigenvalue weighted by Gasteiger charge is 2.17. The molecule has 9 rings (SSSR count). The number of rotatable bonds is 6. The fourth-order valence-corrected chi connectivity index (χ4v) is 7.66. The van der Waals surface area contributed by atoms with E-state index in [4.69, 9.17) is 19.4 Å². The van der Waals surface area contributed by atoms with E-state index in [1.54, 1.807) is 22.7 Å². The number of benzene rings is 6. The van der Waals surface area contributed by atoms with Gasteiger partial charge < -0.3 is 9.32 Å². The van der Waals surface area contributed by atoms with Crippen molar-refractivity contribution in [2.45, 2.75) is 0 Å². The molecule has 3 aromatic heterocycles. The fraction of sp³-hybridized carbons (Fsp3) is 0. The predicted molar refractivity (Wildman–Crippen MR) is 191 cm³/mol. The molecule has 0 amide bonds. The lowest BCUT2D eigenvalue weighted by molar-refractivity contribution is 0.620. The lowest BCUT2D eigenvalue weighted by atomic mass is 10.1. The Morgan fingerprint density at radius 3 is 1.54 bits per heavy atom. The second-order valence-electron chi connectivity index (χ2n) is 10.9. The van der Waals surface area contributed by atoms with Crippen LogP contribution < -0.4 is 4.90 Å². The molecule has 0 unspecified atom stereocenters. The van der Waals surface area contributed by atoms with Crippen molar-refractivity contribution in [2.24, 2.45) is 0 Å². The van der Waals surface area contributed by atoms with Crippen LogP contribution in [0.4, 0.5) is 17.1 Å². The van der Waals surface area contributed by atoms with Crippen LogP contribution in [0.2, 0.25) is 0 Å². The summed E-state index contributed by atoms with van der Waals surface area (Å²) >= 11 is 3.42. The van der Waals surface area contributed by atoms with E-state index < -0.39 is 0 Å². The molecule has 0 radical (unpaired) electrons. The first-order valence-corrected chi connectivity index (χ1v) is 16.6. The van der Waals surface area contributed by atoms with Crippen LogP contribution in [0.1, 0.15) is 0 Å². The first-order chi connectivity index (χ1) is 22.7. The van der Waals surface area contributed by atoms with Crippen molar-refractivity contribution < 1.29 is 4.42 Å². The highest BCUT2D eigenvalue weighted by molar-refractivity contribution is 7.22. The second kappa shape index (κ2) is 11.1. The molecule has 3 heterocycles. The van der Waals surface area contributed by atoms with Crippen LogP contribution in [0, 0.1) is 0 Å². The molecule has 218 valence electrons. The number of nitrogens with zero attached hydrogens (tertiary/aromatic N) is 4. The summed E-state index contributed by atoms with van der Waals surface area (Å²) in [5.74, 6) is 0.598. The van der Waals surface area contributed by atoms with Crippen molar-refractivity contribution in [1.29, 1.82) is 0 Å². The van der Waals surface area contributed by atoms with Crippen LogP contribution in [0.25, 0.3) is 64.1 Å². The quantitative estimate of drug-likeness (QED) is 0.183. The SMILES string of the molecule is c1cc(-c2nc3ccccc3o2)cc(N(c2ccc(-c3nc4ccccc4s3)cc2)c2ccc(-c3nc4ccccc4s3)cc2)c1. The van der Waals surface area contributed by atoms with Gasteiger partial charge in [-0.2, -0.15) is 0 Å². The number of hydrogen-bond donors (Lipinski definition) is 0. The summed E-state index contributed by atoms with van der Waals surface area (Å²) in [7, 11) is 0. The minimum absolute atomic E-state index is 0.598. The van der Waals surface area contributed by atoms with Gasteiger partial charge in [0.1, 0.15) is 15.5 Å². The summed E-state index contributed by atoms with van der Waals surface area (Å²) in [6.45, 7) is 0. The van der Waals surface area contributed by atoms with Gasteiger partial charge in [0, 0.05) is 33.8 Å². The second-order valence-corrected chi connectivity index (χ2v) is 13.0. The Labute approximate surface area is 272 Å². The van der Waals surface area contributed by atoms with Crippen LogP contribution >= 0.6 is 22.7 Å². The summed E-state index contributed by atoms with van der Waals surface area (Å²) in [6.07, 6.45) is 0. The number of aromatic nitrogens is 3. The number of fused-ring (bicyclic) bond motifs is 3. The van der Waals surface area contributed by atoms with Gasteiger partial charge in [0.05, 0.1) is 20.4 Å². The largest absolute Gasteiger partial charge is 0.436 e. The third-order valence-electron chi connectivity index (χ3n) is 7.98. The van der Waals surface area contributed by atoms with Crippen LogP contribution in [0.15, 0.2) is 150 Å². The average molecular weight is 629 g/mol. The number of para-hydroxylation sites is 4. The Bertz CT molecular complexity index is 2280. The van der Waals surface area contributed by atoms with Crippen molar-refractivity contribution in [2.75, 3.05) is 4.90 Å². The summed E-state index contributed by atoms with van der Waals surface area (Å²) in [4.78, 5) is 16.8. The molecule has 0 N–H and O–H groups in total. The van der Waals surface area contributed by atoms with E-state index in [1.165, 1.54) is 9.40 Å². The van der Waals surface area contributed by atoms with Crippen molar-refractivity contribution >= 4 is 71.3 Å². The van der Waals surface area contributed by atoms with E-state index >= 15 is 0 Å². The molecule has 0 saturated carbocycles. The molecule has 0 spiro atoms. The van der Waals surface area contributed by atoms with E-state index in [-0.39, 0.29) is 0 Å². The number of anilines is 3. The Hall–Kier alpha value is -5.63. The summed E-state index contributed by atoms with van der Waals surface area (Å²) in [5, 5.41) is 2.02. The maximum atomic E-state index is 6.14. The maximum absolute atomic E-state index is 6.14. The van der Waals surface area contributed by atoms with Gasteiger partial charge in [-0.05, 0) is 103 Å². The Morgan fingerprint density at radius 1 is 0.435 bits per heavy atom. The Kier molecular flexibility index (Phi) is 6.43. The lowest BCUT2D eigenvalue weighted by Crippen LogP contribution is -2.10. The minimum Gasteiger partial charge on any atom is -0.436 e. The van der Waals surface area contributed by atoms with E-state index in [1.807, 2.05) is 42.5 Å². The van der Waals surface area contributed by atoms with Crippen LogP contribution in [-0.4, -0.2) is 15.0 Å². The van der Waals surface area contributed by atoms with Gasteiger partial charge in [0.15, 0.2) is 5.58 Å². The first kappa shape index (κ1) is 26.7. The molecule has 0 fully saturated rings. The molecule has 0 saturated heterocycles. The zero-order valence-electron chi connectivity index (χ0n) is 24.4. The Balaban J connectivity index is 1.12. The van der Waals surface area contributed by atoms with E-state index in [2.05, 4.69) is 108 Å².